The van der Waals surface area contributed by atoms with Crippen molar-refractivity contribution in [1.29, 1.82) is 0 Å². The summed E-state index contributed by atoms with van der Waals surface area (Å²) in [5, 5.41) is 7.15. The quantitative estimate of drug-likeness (QED) is 0.105. The molecule has 294 valence electrons. The van der Waals surface area contributed by atoms with Crippen molar-refractivity contribution in [3.63, 3.8) is 0 Å². The van der Waals surface area contributed by atoms with E-state index >= 15 is 0 Å². The maximum Gasteiger partial charge on any atom is 0.414 e. The maximum atomic E-state index is 13.9. The van der Waals surface area contributed by atoms with Crippen LogP contribution in [-0.4, -0.2) is 59.8 Å². The number of rotatable bonds is 7. The van der Waals surface area contributed by atoms with E-state index in [-0.39, 0.29) is 39.2 Å². The summed E-state index contributed by atoms with van der Waals surface area (Å²) in [6.07, 6.45) is -1.68. The van der Waals surface area contributed by atoms with E-state index in [9.17, 15) is 19.2 Å². The first kappa shape index (κ1) is 43.8. The van der Waals surface area contributed by atoms with E-state index in [1.54, 1.807) is 72.1 Å². The Kier molecular flexibility index (Phi) is 14.0. The number of amides is 4. The fourth-order valence-electron chi connectivity index (χ4n) is 4.83. The lowest BCUT2D eigenvalue weighted by Gasteiger charge is -2.33. The van der Waals surface area contributed by atoms with Crippen molar-refractivity contribution in [3.8, 4) is 5.75 Å². The van der Waals surface area contributed by atoms with Gasteiger partial charge in [0, 0.05) is 31.1 Å². The van der Waals surface area contributed by atoms with Gasteiger partial charge in [-0.2, -0.15) is 0 Å². The molecule has 0 unspecified atom stereocenters. The number of hydrogen-bond donors (Lipinski definition) is 2. The van der Waals surface area contributed by atoms with E-state index in [0.717, 1.165) is 5.56 Å². The fraction of sp³-hybridized carbons (Fsp3) is 0.475. The van der Waals surface area contributed by atoms with Crippen LogP contribution in [0.4, 0.5) is 25.8 Å². The van der Waals surface area contributed by atoms with Crippen LogP contribution in [0.25, 0.3) is 0 Å². The van der Waals surface area contributed by atoms with Gasteiger partial charge in [-0.1, -0.05) is 53.1 Å². The second-order valence-corrected chi connectivity index (χ2v) is 18.4. The Morgan fingerprint density at radius 2 is 1.35 bits per heavy atom. The third-order valence-electron chi connectivity index (χ3n) is 7.06. The average molecular weight is 784 g/mol. The highest BCUT2D eigenvalue weighted by molar-refractivity contribution is 7.10. The van der Waals surface area contributed by atoms with Crippen LogP contribution in [0.3, 0.4) is 0 Å². The van der Waals surface area contributed by atoms with Crippen molar-refractivity contribution in [2.75, 3.05) is 18.5 Å². The number of benzene rings is 2. The van der Waals surface area contributed by atoms with Crippen molar-refractivity contribution in [2.45, 2.75) is 106 Å². The molecule has 0 spiro atoms. The molecule has 0 bridgehead atoms. The lowest BCUT2D eigenvalue weighted by Crippen LogP contribution is -2.47. The van der Waals surface area contributed by atoms with Gasteiger partial charge in [0.2, 0.25) is 5.96 Å². The average Bonchev–Trinajstić information content (AvgIpc) is 3.47. The molecule has 4 amide bonds. The third kappa shape index (κ3) is 14.3. The van der Waals surface area contributed by atoms with Gasteiger partial charge in [0.25, 0.3) is 0 Å². The van der Waals surface area contributed by atoms with E-state index in [0.29, 0.717) is 24.5 Å². The fourth-order valence-corrected chi connectivity index (χ4v) is 6.12. The first-order valence-electron chi connectivity index (χ1n) is 17.5. The topological polar surface area (TPSA) is 139 Å². The predicted molar refractivity (Wildman–Crippen MR) is 215 cm³/mol. The zero-order valence-electron chi connectivity index (χ0n) is 33.6. The Morgan fingerprint density at radius 3 is 1.81 bits per heavy atom. The number of halogens is 1. The molecular weight excluding hydrogens is 730 g/mol. The van der Waals surface area contributed by atoms with E-state index in [2.05, 4.69) is 68.6 Å². The highest BCUT2D eigenvalue weighted by Gasteiger charge is 2.27. The van der Waals surface area contributed by atoms with Gasteiger partial charge in [-0.15, -0.1) is 11.3 Å². The summed E-state index contributed by atoms with van der Waals surface area (Å²) in [5.41, 5.74) is 0.293. The van der Waals surface area contributed by atoms with Gasteiger partial charge in [0.05, 0.1) is 22.0 Å². The number of carbonyl (C=O) groups excluding carboxylic acids is 4. The van der Waals surface area contributed by atoms with Crippen LogP contribution >= 0.6 is 22.9 Å². The van der Waals surface area contributed by atoms with E-state index < -0.39 is 29.4 Å². The number of carbonyl (C=O) groups is 4. The molecule has 0 aliphatic heterocycles. The van der Waals surface area contributed by atoms with Crippen LogP contribution in [0.5, 0.6) is 5.75 Å². The number of esters is 1. The standard InChI is InChI=1S/C40H54ClN5O7S/c1-37(2,3)24-46(22-25-20-31(54-23-25)38(4,5)6)36(50)45(13)30-19-18-28(21-29(30)41)51-32(47)26-14-16-27(17-15-26)42-33(43-34(48)52-39(7,8)9)44-35(49)53-40(10,11)12/h14-21,23H,22,24H2,1-13H3,(H2,42,43,44,48,49). The van der Waals surface area contributed by atoms with E-state index in [1.165, 1.54) is 40.1 Å². The van der Waals surface area contributed by atoms with E-state index in [4.69, 9.17) is 25.8 Å². The summed E-state index contributed by atoms with van der Waals surface area (Å²) in [4.78, 5) is 60.7. The number of thiophene rings is 1. The summed E-state index contributed by atoms with van der Waals surface area (Å²) < 4.78 is 16.2. The molecule has 0 saturated carbocycles. The van der Waals surface area contributed by atoms with Crippen LogP contribution in [-0.2, 0) is 21.4 Å². The number of ether oxygens (including phenoxy) is 3. The molecule has 0 atom stereocenters. The molecule has 54 heavy (non-hydrogen) atoms. The van der Waals surface area contributed by atoms with Crippen LogP contribution < -0.4 is 20.3 Å². The molecule has 3 rings (SSSR count). The van der Waals surface area contributed by atoms with Crippen molar-refractivity contribution < 1.29 is 33.4 Å². The monoisotopic (exact) mass is 783 g/mol. The number of nitrogens with zero attached hydrogens (tertiary/aromatic N) is 3. The van der Waals surface area contributed by atoms with Gasteiger partial charge in [-0.25, -0.2) is 24.2 Å². The number of nitrogens with one attached hydrogen (secondary N) is 2. The third-order valence-corrected chi connectivity index (χ3v) is 8.77. The number of hydrogen-bond acceptors (Lipinski definition) is 9. The number of urea groups is 1. The first-order valence-corrected chi connectivity index (χ1v) is 18.8. The SMILES string of the molecule is CN(C(=O)N(Cc1csc(C(C)(C)C)c1)CC(C)(C)C)c1ccc(OC(=O)c2ccc(N=C(NC(=O)OC(C)(C)C)NC(=O)OC(C)(C)C)cc2)cc1Cl. The summed E-state index contributed by atoms with van der Waals surface area (Å²) in [6.45, 7) is 23.9. The molecule has 0 aliphatic carbocycles. The molecule has 14 heteroatoms. The minimum atomic E-state index is -0.840. The van der Waals surface area contributed by atoms with Crippen molar-refractivity contribution in [1.82, 2.24) is 15.5 Å². The molecule has 0 radical (unpaired) electrons. The van der Waals surface area contributed by atoms with Gasteiger partial charge in [0.15, 0.2) is 0 Å². The normalized spacial score (nSPS) is 12.0. The minimum Gasteiger partial charge on any atom is -0.444 e. The van der Waals surface area contributed by atoms with Crippen molar-refractivity contribution in [3.05, 3.63) is 74.9 Å². The van der Waals surface area contributed by atoms with Crippen LogP contribution in [0.1, 0.15) is 104 Å². The summed E-state index contributed by atoms with van der Waals surface area (Å²) in [7, 11) is 1.67. The summed E-state index contributed by atoms with van der Waals surface area (Å²) in [6, 6.07) is 12.6. The zero-order chi connectivity index (χ0) is 40.8. The lowest BCUT2D eigenvalue weighted by atomic mass is 9.94. The van der Waals surface area contributed by atoms with Crippen LogP contribution in [0.2, 0.25) is 5.02 Å². The molecule has 0 aliphatic rings. The molecule has 2 aromatic carbocycles. The van der Waals surface area contributed by atoms with Crippen LogP contribution in [0, 0.1) is 5.41 Å². The molecular formula is C40H54ClN5O7S. The van der Waals surface area contributed by atoms with Gasteiger partial charge >= 0.3 is 24.2 Å². The van der Waals surface area contributed by atoms with E-state index in [1.807, 2.05) is 4.90 Å². The van der Waals surface area contributed by atoms with Gasteiger partial charge in [-0.05, 0) is 106 Å². The zero-order valence-corrected chi connectivity index (χ0v) is 35.2. The number of alkyl carbamates (subject to hydrolysis) is 2. The predicted octanol–water partition coefficient (Wildman–Crippen LogP) is 10.1. The second kappa shape index (κ2) is 17.2. The van der Waals surface area contributed by atoms with Crippen LogP contribution in [0.15, 0.2) is 58.9 Å². The highest BCUT2D eigenvalue weighted by atomic mass is 35.5. The van der Waals surface area contributed by atoms with Crippen molar-refractivity contribution >= 4 is 64.5 Å². The van der Waals surface area contributed by atoms with Gasteiger partial charge in [-0.3, -0.25) is 15.5 Å². The Balaban J connectivity index is 1.75. The van der Waals surface area contributed by atoms with Gasteiger partial charge in [0.1, 0.15) is 17.0 Å². The molecule has 2 N–H and O–H groups in total. The molecule has 1 aromatic heterocycles. The minimum absolute atomic E-state index is 0.0176. The largest absolute Gasteiger partial charge is 0.444 e. The summed E-state index contributed by atoms with van der Waals surface area (Å²) >= 11 is 8.36. The number of guanidine groups is 1. The van der Waals surface area contributed by atoms with Crippen molar-refractivity contribution in [2.24, 2.45) is 10.4 Å². The molecule has 0 saturated heterocycles. The molecule has 0 fully saturated rings. The molecule has 1 heterocycles. The maximum absolute atomic E-state index is 13.9. The Morgan fingerprint density at radius 1 is 0.796 bits per heavy atom. The first-order chi connectivity index (χ1) is 24.7. The smallest absolute Gasteiger partial charge is 0.414 e. The Hall–Kier alpha value is -4.62. The molecule has 3 aromatic rings. The lowest BCUT2D eigenvalue weighted by molar-refractivity contribution is 0.0544. The molecule has 12 nitrogen and oxygen atoms in total. The number of aliphatic imine (C=N–C) groups is 1. The van der Waals surface area contributed by atoms with Gasteiger partial charge < -0.3 is 19.1 Å². The second-order valence-electron chi connectivity index (χ2n) is 17.1. The summed E-state index contributed by atoms with van der Waals surface area (Å²) in [5.74, 6) is -0.726. The Bertz CT molecular complexity index is 1810. The number of anilines is 1. The Labute approximate surface area is 328 Å². The highest BCUT2D eigenvalue weighted by Crippen LogP contribution is 2.33.